The first kappa shape index (κ1) is 8.90. The molecule has 6 heteroatoms. The summed E-state index contributed by atoms with van der Waals surface area (Å²) >= 11 is 5.79. The van der Waals surface area contributed by atoms with E-state index in [0.29, 0.717) is 17.3 Å². The summed E-state index contributed by atoms with van der Waals surface area (Å²) in [6.45, 7) is 0. The monoisotopic (exact) mass is 218 g/mol. The highest BCUT2D eigenvalue weighted by atomic mass is 35.5. The molecule has 0 spiro atoms. The third-order valence-corrected chi connectivity index (χ3v) is 3.87. The molecule has 1 aliphatic heterocycles. The Morgan fingerprint density at radius 1 is 1.38 bits per heavy atom. The van der Waals surface area contributed by atoms with E-state index in [1.807, 2.05) is 0 Å². The number of hydrogen-bond donors (Lipinski definition) is 0. The number of halogens is 1. The van der Waals surface area contributed by atoms with Crippen LogP contribution in [0.4, 0.5) is 0 Å². The second-order valence-corrected chi connectivity index (χ2v) is 5.47. The molecule has 0 fully saturated rings. The van der Waals surface area contributed by atoms with Gasteiger partial charge in [0.2, 0.25) is 0 Å². The smallest absolute Gasteiger partial charge is 0.156 e. The fourth-order valence-corrected chi connectivity index (χ4v) is 2.91. The highest BCUT2D eigenvalue weighted by Gasteiger charge is 2.24. The van der Waals surface area contributed by atoms with Gasteiger partial charge in [-0.3, -0.25) is 0 Å². The normalized spacial score (nSPS) is 19.5. The first-order chi connectivity index (χ1) is 6.08. The molecule has 0 radical (unpaired) electrons. The maximum atomic E-state index is 11.2. The van der Waals surface area contributed by atoms with E-state index in [-0.39, 0.29) is 11.5 Å². The molecule has 0 atom stereocenters. The average molecular weight is 219 g/mol. The lowest BCUT2D eigenvalue weighted by Gasteiger charge is -2.14. The van der Waals surface area contributed by atoms with Crippen LogP contribution in [0.15, 0.2) is 6.33 Å². The van der Waals surface area contributed by atoms with Crippen LogP contribution in [-0.2, 0) is 22.0 Å². The second kappa shape index (κ2) is 2.92. The van der Waals surface area contributed by atoms with E-state index >= 15 is 0 Å². The van der Waals surface area contributed by atoms with E-state index in [9.17, 15) is 8.42 Å². The standard InChI is InChI=1S/C7H7ClN2O2S/c8-7-5-1-2-13(11,12)3-6(5)9-4-10-7/h4H,1-3H2. The summed E-state index contributed by atoms with van der Waals surface area (Å²) in [7, 11) is -2.96. The summed E-state index contributed by atoms with van der Waals surface area (Å²) in [6.07, 6.45) is 1.72. The van der Waals surface area contributed by atoms with Crippen molar-refractivity contribution < 1.29 is 8.42 Å². The van der Waals surface area contributed by atoms with E-state index in [1.165, 1.54) is 6.33 Å². The number of rotatable bonds is 0. The number of sulfone groups is 1. The maximum absolute atomic E-state index is 11.2. The van der Waals surface area contributed by atoms with Gasteiger partial charge in [0.1, 0.15) is 11.5 Å². The summed E-state index contributed by atoms with van der Waals surface area (Å²) < 4.78 is 22.4. The van der Waals surface area contributed by atoms with Crippen molar-refractivity contribution in [3.8, 4) is 0 Å². The minimum absolute atomic E-state index is 0.00935. The lowest BCUT2D eigenvalue weighted by Crippen LogP contribution is -2.20. The van der Waals surface area contributed by atoms with Crippen LogP contribution < -0.4 is 0 Å². The van der Waals surface area contributed by atoms with E-state index in [0.717, 1.165) is 5.56 Å². The molecule has 0 unspecified atom stereocenters. The molecule has 0 aliphatic carbocycles. The maximum Gasteiger partial charge on any atom is 0.156 e. The van der Waals surface area contributed by atoms with Crippen molar-refractivity contribution in [3.05, 3.63) is 22.7 Å². The Bertz CT molecular complexity index is 444. The summed E-state index contributed by atoms with van der Waals surface area (Å²) in [6, 6.07) is 0. The summed E-state index contributed by atoms with van der Waals surface area (Å²) in [5, 5.41) is 0.375. The number of fused-ring (bicyclic) bond motifs is 1. The zero-order valence-electron chi connectivity index (χ0n) is 6.70. The van der Waals surface area contributed by atoms with Gasteiger partial charge < -0.3 is 0 Å². The molecule has 0 saturated carbocycles. The molecular weight excluding hydrogens is 212 g/mol. The van der Waals surface area contributed by atoms with Crippen molar-refractivity contribution in [1.82, 2.24) is 9.97 Å². The SMILES string of the molecule is O=S1(=O)CCc2c(Cl)ncnc2C1. The lowest BCUT2D eigenvalue weighted by molar-refractivity contribution is 0.590. The van der Waals surface area contributed by atoms with Crippen LogP contribution in [0.2, 0.25) is 5.15 Å². The first-order valence-corrected chi connectivity index (χ1v) is 5.97. The molecule has 0 saturated heterocycles. The Labute approximate surface area is 80.9 Å². The predicted molar refractivity (Wildman–Crippen MR) is 48.2 cm³/mol. The molecule has 0 N–H and O–H groups in total. The van der Waals surface area contributed by atoms with Crippen LogP contribution in [0, 0.1) is 0 Å². The Morgan fingerprint density at radius 2 is 2.15 bits per heavy atom. The zero-order valence-corrected chi connectivity index (χ0v) is 8.27. The quantitative estimate of drug-likeness (QED) is 0.599. The molecule has 13 heavy (non-hydrogen) atoms. The van der Waals surface area contributed by atoms with Crippen LogP contribution in [0.25, 0.3) is 0 Å². The van der Waals surface area contributed by atoms with Gasteiger partial charge in [0.05, 0.1) is 17.2 Å². The van der Waals surface area contributed by atoms with Crippen LogP contribution >= 0.6 is 11.6 Å². The van der Waals surface area contributed by atoms with Gasteiger partial charge >= 0.3 is 0 Å². The third-order valence-electron chi connectivity index (χ3n) is 2.00. The predicted octanol–water partition coefficient (Wildman–Crippen LogP) is 0.601. The van der Waals surface area contributed by atoms with Crippen molar-refractivity contribution in [2.75, 3.05) is 5.75 Å². The Morgan fingerprint density at radius 3 is 2.92 bits per heavy atom. The van der Waals surface area contributed by atoms with Gasteiger partial charge in [0, 0.05) is 5.56 Å². The Balaban J connectivity index is 2.54. The topological polar surface area (TPSA) is 59.9 Å². The van der Waals surface area contributed by atoms with Crippen molar-refractivity contribution in [1.29, 1.82) is 0 Å². The van der Waals surface area contributed by atoms with Gasteiger partial charge in [-0.1, -0.05) is 11.6 Å². The largest absolute Gasteiger partial charge is 0.240 e. The molecule has 1 aliphatic rings. The van der Waals surface area contributed by atoms with Crippen LogP contribution in [0.3, 0.4) is 0 Å². The van der Waals surface area contributed by atoms with Crippen LogP contribution in [-0.4, -0.2) is 24.1 Å². The van der Waals surface area contributed by atoms with Gasteiger partial charge in [-0.05, 0) is 6.42 Å². The second-order valence-electron chi connectivity index (χ2n) is 2.93. The van der Waals surface area contributed by atoms with Gasteiger partial charge in [-0.25, -0.2) is 18.4 Å². The van der Waals surface area contributed by atoms with Crippen molar-refractivity contribution in [2.24, 2.45) is 0 Å². The van der Waals surface area contributed by atoms with Gasteiger partial charge in [0.25, 0.3) is 0 Å². The summed E-state index contributed by atoms with van der Waals surface area (Å²) in [4.78, 5) is 7.70. The van der Waals surface area contributed by atoms with Crippen LogP contribution in [0.5, 0.6) is 0 Å². The third kappa shape index (κ3) is 1.66. The lowest BCUT2D eigenvalue weighted by atomic mass is 10.2. The molecule has 1 aromatic rings. The van der Waals surface area contributed by atoms with Gasteiger partial charge in [-0.2, -0.15) is 0 Å². The van der Waals surface area contributed by atoms with Crippen molar-refractivity contribution >= 4 is 21.4 Å². The first-order valence-electron chi connectivity index (χ1n) is 3.77. The van der Waals surface area contributed by atoms with E-state index < -0.39 is 9.84 Å². The highest BCUT2D eigenvalue weighted by molar-refractivity contribution is 7.90. The Hall–Kier alpha value is -0.680. The van der Waals surface area contributed by atoms with E-state index in [4.69, 9.17) is 11.6 Å². The molecule has 0 amide bonds. The average Bonchev–Trinajstić information content (AvgIpc) is 2.02. The fourth-order valence-electron chi connectivity index (χ4n) is 1.33. The Kier molecular flexibility index (Phi) is 2.00. The number of hydrogen-bond acceptors (Lipinski definition) is 4. The molecule has 0 aromatic carbocycles. The molecule has 70 valence electrons. The number of nitrogens with zero attached hydrogens (tertiary/aromatic N) is 2. The zero-order chi connectivity index (χ0) is 9.47. The highest BCUT2D eigenvalue weighted by Crippen LogP contribution is 2.23. The molecule has 2 heterocycles. The van der Waals surface area contributed by atoms with Crippen molar-refractivity contribution in [3.63, 3.8) is 0 Å². The summed E-state index contributed by atoms with van der Waals surface area (Å²) in [5.74, 6) is 0.137. The van der Waals surface area contributed by atoms with Gasteiger partial charge in [0.15, 0.2) is 9.84 Å². The molecule has 4 nitrogen and oxygen atoms in total. The summed E-state index contributed by atoms with van der Waals surface area (Å²) in [5.41, 5.74) is 1.32. The minimum Gasteiger partial charge on any atom is -0.240 e. The fraction of sp³-hybridized carbons (Fsp3) is 0.429. The molecule has 2 rings (SSSR count). The minimum atomic E-state index is -2.96. The van der Waals surface area contributed by atoms with Gasteiger partial charge in [-0.15, -0.1) is 0 Å². The van der Waals surface area contributed by atoms with Crippen LogP contribution in [0.1, 0.15) is 11.3 Å². The number of aromatic nitrogens is 2. The molecular formula is C7H7ClN2O2S. The van der Waals surface area contributed by atoms with E-state index in [1.54, 1.807) is 0 Å². The molecule has 0 bridgehead atoms. The van der Waals surface area contributed by atoms with E-state index in [2.05, 4.69) is 9.97 Å². The molecule has 1 aromatic heterocycles. The van der Waals surface area contributed by atoms with Crippen molar-refractivity contribution in [2.45, 2.75) is 12.2 Å².